The summed E-state index contributed by atoms with van der Waals surface area (Å²) < 4.78 is 42.0. The Kier molecular flexibility index (Phi) is 9.90. The second-order valence-corrected chi connectivity index (χ2v) is 5.38. The van der Waals surface area contributed by atoms with Crippen LogP contribution in [0.5, 0.6) is 5.75 Å². The fourth-order valence-corrected chi connectivity index (χ4v) is 2.12. The van der Waals surface area contributed by atoms with Crippen LogP contribution in [-0.2, 0) is 13.1 Å². The smallest absolute Gasteiger partial charge is 0.422 e. The molecule has 0 aliphatic rings. The number of rotatable bonds is 7. The van der Waals surface area contributed by atoms with E-state index in [0.29, 0.717) is 24.6 Å². The topological polar surface area (TPSA) is 58.5 Å². The molecule has 27 heavy (non-hydrogen) atoms. The Balaban J connectivity index is 0.00000364. The average molecular weight is 494 g/mol. The highest BCUT2D eigenvalue weighted by atomic mass is 127. The lowest BCUT2D eigenvalue weighted by Crippen LogP contribution is -2.37. The van der Waals surface area contributed by atoms with Gasteiger partial charge in [0.05, 0.1) is 18.8 Å². The van der Waals surface area contributed by atoms with Crippen molar-refractivity contribution in [3.8, 4) is 5.75 Å². The minimum Gasteiger partial charge on any atom is -0.484 e. The summed E-state index contributed by atoms with van der Waals surface area (Å²) in [5, 5.41) is 6.23. The standard InChI is InChI=1S/C18H21F3N4O.HI/c1-2-22-17(25-12-15-8-5-6-10-23-15)24-11-14-7-3-4-9-16(14)26-13-18(19,20)21;/h3-10H,2,11-13H2,1H3,(H2,22,24,25);1H. The molecule has 0 aliphatic heterocycles. The Morgan fingerprint density at radius 2 is 1.85 bits per heavy atom. The molecule has 1 aromatic heterocycles. The predicted octanol–water partition coefficient (Wildman–Crippen LogP) is 3.90. The molecule has 0 aliphatic carbocycles. The third-order valence-corrected chi connectivity index (χ3v) is 3.28. The molecule has 1 aromatic carbocycles. The summed E-state index contributed by atoms with van der Waals surface area (Å²) in [6.07, 6.45) is -2.68. The van der Waals surface area contributed by atoms with Crippen molar-refractivity contribution in [1.29, 1.82) is 0 Å². The molecule has 0 atom stereocenters. The number of aliphatic imine (C=N–C) groups is 1. The highest BCUT2D eigenvalue weighted by Gasteiger charge is 2.28. The molecular weight excluding hydrogens is 472 g/mol. The Bertz CT molecular complexity index is 711. The van der Waals surface area contributed by atoms with Crippen LogP contribution in [0.2, 0.25) is 0 Å². The number of nitrogens with one attached hydrogen (secondary N) is 2. The van der Waals surface area contributed by atoms with E-state index in [1.165, 1.54) is 6.07 Å². The third kappa shape index (κ3) is 8.94. The minimum atomic E-state index is -4.38. The van der Waals surface area contributed by atoms with E-state index in [0.717, 1.165) is 5.69 Å². The molecule has 2 aromatic rings. The number of hydrogen-bond donors (Lipinski definition) is 2. The number of pyridine rings is 1. The summed E-state index contributed by atoms with van der Waals surface area (Å²) in [6.45, 7) is 1.93. The molecule has 0 saturated heterocycles. The van der Waals surface area contributed by atoms with E-state index < -0.39 is 12.8 Å². The van der Waals surface area contributed by atoms with Crippen LogP contribution in [0.25, 0.3) is 0 Å². The van der Waals surface area contributed by atoms with Gasteiger partial charge in [-0.3, -0.25) is 4.98 Å². The molecule has 1 heterocycles. The van der Waals surface area contributed by atoms with Gasteiger partial charge < -0.3 is 15.4 Å². The molecule has 9 heteroatoms. The summed E-state index contributed by atoms with van der Waals surface area (Å²) in [5.74, 6) is 0.720. The van der Waals surface area contributed by atoms with Crippen molar-refractivity contribution in [2.75, 3.05) is 13.2 Å². The van der Waals surface area contributed by atoms with E-state index in [2.05, 4.69) is 20.6 Å². The van der Waals surface area contributed by atoms with Gasteiger partial charge in [0.25, 0.3) is 0 Å². The SMILES string of the molecule is CCNC(=NCc1ccccc1OCC(F)(F)F)NCc1ccccn1.I. The fourth-order valence-electron chi connectivity index (χ4n) is 2.12. The van der Waals surface area contributed by atoms with Crippen LogP contribution in [0.1, 0.15) is 18.2 Å². The molecule has 2 N–H and O–H groups in total. The highest BCUT2D eigenvalue weighted by molar-refractivity contribution is 14.0. The molecule has 0 unspecified atom stereocenters. The monoisotopic (exact) mass is 494 g/mol. The van der Waals surface area contributed by atoms with E-state index in [1.54, 1.807) is 24.4 Å². The lowest BCUT2D eigenvalue weighted by Gasteiger charge is -2.13. The Morgan fingerprint density at radius 3 is 2.52 bits per heavy atom. The van der Waals surface area contributed by atoms with Gasteiger partial charge in [-0.15, -0.1) is 24.0 Å². The number of halogens is 4. The number of nitrogens with zero attached hydrogens (tertiary/aromatic N) is 2. The van der Waals surface area contributed by atoms with Gasteiger partial charge in [0.15, 0.2) is 12.6 Å². The van der Waals surface area contributed by atoms with E-state index in [9.17, 15) is 13.2 Å². The Morgan fingerprint density at radius 1 is 1.11 bits per heavy atom. The van der Waals surface area contributed by atoms with Gasteiger partial charge in [0, 0.05) is 18.3 Å². The third-order valence-electron chi connectivity index (χ3n) is 3.28. The summed E-state index contributed by atoms with van der Waals surface area (Å²) in [6, 6.07) is 12.2. The van der Waals surface area contributed by atoms with Gasteiger partial charge in [-0.1, -0.05) is 24.3 Å². The van der Waals surface area contributed by atoms with Gasteiger partial charge in [-0.05, 0) is 25.1 Å². The molecule has 0 bridgehead atoms. The second-order valence-electron chi connectivity index (χ2n) is 5.38. The first-order valence-corrected chi connectivity index (χ1v) is 8.17. The molecule has 0 saturated carbocycles. The lowest BCUT2D eigenvalue weighted by molar-refractivity contribution is -0.153. The van der Waals surface area contributed by atoms with Gasteiger partial charge >= 0.3 is 6.18 Å². The zero-order valence-electron chi connectivity index (χ0n) is 14.8. The average Bonchev–Trinajstić information content (AvgIpc) is 2.63. The Hall–Kier alpha value is -2.04. The zero-order chi connectivity index (χ0) is 18.8. The van der Waals surface area contributed by atoms with Crippen LogP contribution < -0.4 is 15.4 Å². The maximum Gasteiger partial charge on any atom is 0.422 e. The van der Waals surface area contributed by atoms with Crippen LogP contribution >= 0.6 is 24.0 Å². The number of ether oxygens (including phenoxy) is 1. The van der Waals surface area contributed by atoms with Crippen molar-refractivity contribution in [2.45, 2.75) is 26.2 Å². The molecule has 148 valence electrons. The van der Waals surface area contributed by atoms with Gasteiger partial charge in [-0.25, -0.2) is 4.99 Å². The van der Waals surface area contributed by atoms with Crippen molar-refractivity contribution in [3.05, 3.63) is 59.9 Å². The summed E-state index contributed by atoms with van der Waals surface area (Å²) in [4.78, 5) is 8.63. The van der Waals surface area contributed by atoms with Crippen LogP contribution in [0.3, 0.4) is 0 Å². The number of aromatic nitrogens is 1. The van der Waals surface area contributed by atoms with E-state index in [4.69, 9.17) is 4.74 Å². The normalized spacial score (nSPS) is 11.5. The predicted molar refractivity (Wildman–Crippen MR) is 109 cm³/mol. The molecule has 0 radical (unpaired) electrons. The number of para-hydroxylation sites is 1. The maximum atomic E-state index is 12.4. The van der Waals surface area contributed by atoms with E-state index in [1.807, 2.05) is 25.1 Å². The van der Waals surface area contributed by atoms with Crippen molar-refractivity contribution < 1.29 is 17.9 Å². The van der Waals surface area contributed by atoms with Gasteiger partial charge in [0.2, 0.25) is 0 Å². The van der Waals surface area contributed by atoms with Gasteiger partial charge in [0.1, 0.15) is 5.75 Å². The van der Waals surface area contributed by atoms with Crippen LogP contribution in [0, 0.1) is 0 Å². The zero-order valence-corrected chi connectivity index (χ0v) is 17.1. The molecule has 2 rings (SSSR count). The molecule has 0 spiro atoms. The number of guanidine groups is 1. The second kappa shape index (κ2) is 11.6. The number of alkyl halides is 3. The van der Waals surface area contributed by atoms with Crippen LogP contribution in [0.15, 0.2) is 53.7 Å². The maximum absolute atomic E-state index is 12.4. The van der Waals surface area contributed by atoms with E-state index >= 15 is 0 Å². The number of hydrogen-bond acceptors (Lipinski definition) is 3. The van der Waals surface area contributed by atoms with Gasteiger partial charge in [-0.2, -0.15) is 13.2 Å². The molecule has 5 nitrogen and oxygen atoms in total. The van der Waals surface area contributed by atoms with Crippen molar-refractivity contribution in [1.82, 2.24) is 15.6 Å². The first-order valence-electron chi connectivity index (χ1n) is 8.17. The largest absolute Gasteiger partial charge is 0.484 e. The van der Waals surface area contributed by atoms with Crippen molar-refractivity contribution >= 4 is 29.9 Å². The first-order chi connectivity index (χ1) is 12.5. The summed E-state index contributed by atoms with van der Waals surface area (Å²) >= 11 is 0. The summed E-state index contributed by atoms with van der Waals surface area (Å²) in [7, 11) is 0. The minimum absolute atomic E-state index is 0. The first kappa shape index (κ1) is 23.0. The van der Waals surface area contributed by atoms with E-state index in [-0.39, 0.29) is 36.3 Å². The van der Waals surface area contributed by atoms with Crippen LogP contribution in [0.4, 0.5) is 13.2 Å². The van der Waals surface area contributed by atoms with Crippen molar-refractivity contribution in [3.63, 3.8) is 0 Å². The molecular formula is C18H22F3IN4O. The highest BCUT2D eigenvalue weighted by Crippen LogP contribution is 2.22. The van der Waals surface area contributed by atoms with Crippen LogP contribution in [-0.4, -0.2) is 30.3 Å². The quantitative estimate of drug-likeness (QED) is 0.349. The fraction of sp³-hybridized carbons (Fsp3) is 0.333. The Labute approximate surface area is 173 Å². The summed E-state index contributed by atoms with van der Waals surface area (Å²) in [5.41, 5.74) is 1.43. The lowest BCUT2D eigenvalue weighted by atomic mass is 10.2. The van der Waals surface area contributed by atoms with Crippen molar-refractivity contribution in [2.24, 2.45) is 4.99 Å². The number of benzene rings is 1. The molecule has 0 amide bonds. The molecule has 0 fully saturated rings.